The molecule has 200 valence electrons. The monoisotopic (exact) mass is 509 g/mol. The molecule has 37 heavy (non-hydrogen) atoms. The maximum Gasteiger partial charge on any atom is 0.251 e. The summed E-state index contributed by atoms with van der Waals surface area (Å²) in [6.07, 6.45) is 5.57. The van der Waals surface area contributed by atoms with E-state index in [1.54, 1.807) is 21.9 Å². The molecule has 0 aromatic heterocycles. The van der Waals surface area contributed by atoms with Gasteiger partial charge in [0.1, 0.15) is 12.1 Å². The van der Waals surface area contributed by atoms with Crippen molar-refractivity contribution in [3.05, 3.63) is 29.8 Å². The first kappa shape index (κ1) is 25.7. The summed E-state index contributed by atoms with van der Waals surface area (Å²) in [6, 6.07) is 5.79. The molecule has 1 saturated carbocycles. The first-order valence-corrected chi connectivity index (χ1v) is 13.8. The van der Waals surface area contributed by atoms with E-state index in [1.807, 2.05) is 26.0 Å². The van der Waals surface area contributed by atoms with Crippen LogP contribution in [0, 0.1) is 5.92 Å². The maximum absolute atomic E-state index is 13.7. The molecule has 4 fully saturated rings. The van der Waals surface area contributed by atoms with Crippen molar-refractivity contribution in [1.82, 2.24) is 15.1 Å². The second-order valence-corrected chi connectivity index (χ2v) is 11.6. The molecule has 0 spiro atoms. The Balaban J connectivity index is 1.28. The summed E-state index contributed by atoms with van der Waals surface area (Å²) in [4.78, 5) is 58.5. The largest absolute Gasteiger partial charge is 0.372 e. The van der Waals surface area contributed by atoms with Crippen LogP contribution >= 0.6 is 0 Å². The van der Waals surface area contributed by atoms with Gasteiger partial charge in [0.2, 0.25) is 11.8 Å². The average Bonchev–Trinajstić information content (AvgIpc) is 3.60. The Labute approximate surface area is 218 Å². The smallest absolute Gasteiger partial charge is 0.251 e. The Kier molecular flexibility index (Phi) is 7.00. The molecule has 3 N–H and O–H groups in total. The third-order valence-electron chi connectivity index (χ3n) is 8.55. The van der Waals surface area contributed by atoms with E-state index >= 15 is 0 Å². The van der Waals surface area contributed by atoms with Crippen molar-refractivity contribution in [2.24, 2.45) is 11.7 Å². The third-order valence-corrected chi connectivity index (χ3v) is 8.55. The van der Waals surface area contributed by atoms with Crippen molar-refractivity contribution in [1.29, 1.82) is 0 Å². The fraction of sp³-hybridized carbons (Fsp3) is 0.643. The van der Waals surface area contributed by atoms with Crippen LogP contribution < -0.4 is 16.0 Å². The molecule has 4 aliphatic rings. The molecule has 1 aliphatic carbocycles. The zero-order valence-electron chi connectivity index (χ0n) is 21.9. The van der Waals surface area contributed by atoms with E-state index in [2.05, 4.69) is 10.2 Å². The molecule has 5 rings (SSSR count). The number of amides is 3. The Hall–Kier alpha value is -2.94. The number of ketones is 1. The van der Waals surface area contributed by atoms with Gasteiger partial charge in [0, 0.05) is 30.9 Å². The highest BCUT2D eigenvalue weighted by Gasteiger charge is 2.55. The van der Waals surface area contributed by atoms with Gasteiger partial charge in [0.05, 0.1) is 18.1 Å². The van der Waals surface area contributed by atoms with Crippen LogP contribution in [0.25, 0.3) is 0 Å². The second kappa shape index (κ2) is 10.1. The lowest BCUT2D eigenvalue weighted by Gasteiger charge is -2.40. The number of Topliss-reactive ketones (excluding diaryl/α,β-unsaturated/α-hetero) is 1. The minimum atomic E-state index is -0.870. The summed E-state index contributed by atoms with van der Waals surface area (Å²) >= 11 is 0. The SMILES string of the molecule is CC(C)CC(NC(=O)c1ccc(N2CCCC2)cc1)C(=O)N1CCC2C1C(=O)CN2C(=O)C1(N)CCC1. The Bertz CT molecular complexity index is 1060. The van der Waals surface area contributed by atoms with Crippen LogP contribution in [-0.2, 0) is 14.4 Å². The van der Waals surface area contributed by atoms with Crippen molar-refractivity contribution in [2.45, 2.75) is 82.5 Å². The second-order valence-electron chi connectivity index (χ2n) is 11.6. The van der Waals surface area contributed by atoms with Gasteiger partial charge in [-0.25, -0.2) is 0 Å². The number of carbonyl (C=O) groups excluding carboxylic acids is 4. The predicted octanol–water partition coefficient (Wildman–Crippen LogP) is 1.69. The zero-order valence-corrected chi connectivity index (χ0v) is 21.9. The van der Waals surface area contributed by atoms with E-state index in [0.29, 0.717) is 37.8 Å². The molecular formula is C28H39N5O4. The molecule has 1 aromatic rings. The van der Waals surface area contributed by atoms with Crippen LogP contribution in [0.3, 0.4) is 0 Å². The summed E-state index contributed by atoms with van der Waals surface area (Å²) in [5.74, 6) is -0.680. The van der Waals surface area contributed by atoms with Crippen LogP contribution in [0.4, 0.5) is 5.69 Å². The summed E-state index contributed by atoms with van der Waals surface area (Å²) in [5.41, 5.74) is 7.01. The molecule has 3 amide bonds. The molecule has 3 aliphatic heterocycles. The maximum atomic E-state index is 13.7. The number of hydrogen-bond donors (Lipinski definition) is 2. The fourth-order valence-corrected chi connectivity index (χ4v) is 6.33. The van der Waals surface area contributed by atoms with Gasteiger partial charge < -0.3 is 25.8 Å². The lowest BCUT2D eigenvalue weighted by molar-refractivity contribution is -0.141. The zero-order chi connectivity index (χ0) is 26.3. The van der Waals surface area contributed by atoms with Gasteiger partial charge in [0.15, 0.2) is 5.78 Å². The molecule has 3 unspecified atom stereocenters. The molecular weight excluding hydrogens is 470 g/mol. The number of rotatable bonds is 7. The van der Waals surface area contributed by atoms with Gasteiger partial charge in [-0.1, -0.05) is 13.8 Å². The van der Waals surface area contributed by atoms with Crippen LogP contribution in [0.2, 0.25) is 0 Å². The van der Waals surface area contributed by atoms with Gasteiger partial charge in [-0.2, -0.15) is 0 Å². The van der Waals surface area contributed by atoms with Gasteiger partial charge in [-0.3, -0.25) is 19.2 Å². The number of nitrogens with two attached hydrogens (primary N) is 1. The molecule has 9 nitrogen and oxygen atoms in total. The minimum Gasteiger partial charge on any atom is -0.372 e. The molecule has 0 bridgehead atoms. The number of benzene rings is 1. The number of hydrogen-bond acceptors (Lipinski definition) is 6. The lowest BCUT2D eigenvalue weighted by atomic mass is 9.76. The van der Waals surface area contributed by atoms with E-state index in [4.69, 9.17) is 5.73 Å². The normalized spacial score (nSPS) is 25.3. The first-order chi connectivity index (χ1) is 17.7. The number of carbonyl (C=O) groups is 4. The van der Waals surface area contributed by atoms with E-state index in [-0.39, 0.29) is 42.0 Å². The fourth-order valence-electron chi connectivity index (χ4n) is 6.33. The molecule has 0 radical (unpaired) electrons. The van der Waals surface area contributed by atoms with E-state index < -0.39 is 17.6 Å². The Morgan fingerprint density at radius 1 is 1.03 bits per heavy atom. The van der Waals surface area contributed by atoms with E-state index in [1.165, 1.54) is 12.8 Å². The van der Waals surface area contributed by atoms with Gasteiger partial charge >= 0.3 is 0 Å². The minimum absolute atomic E-state index is 0.00146. The number of fused-ring (bicyclic) bond motifs is 1. The van der Waals surface area contributed by atoms with Crippen molar-refractivity contribution in [2.75, 3.05) is 31.1 Å². The van der Waals surface area contributed by atoms with Crippen molar-refractivity contribution in [3.8, 4) is 0 Å². The summed E-state index contributed by atoms with van der Waals surface area (Å²) in [7, 11) is 0. The summed E-state index contributed by atoms with van der Waals surface area (Å²) in [5, 5.41) is 2.95. The van der Waals surface area contributed by atoms with Gasteiger partial charge in [-0.05, 0) is 75.1 Å². The Morgan fingerprint density at radius 2 is 1.70 bits per heavy atom. The highest BCUT2D eigenvalue weighted by atomic mass is 16.2. The van der Waals surface area contributed by atoms with Crippen LogP contribution in [-0.4, -0.2) is 83.1 Å². The van der Waals surface area contributed by atoms with E-state index in [0.717, 1.165) is 25.2 Å². The van der Waals surface area contributed by atoms with Crippen LogP contribution in [0.5, 0.6) is 0 Å². The number of likely N-dealkylation sites (tertiary alicyclic amines) is 2. The van der Waals surface area contributed by atoms with Crippen molar-refractivity contribution < 1.29 is 19.2 Å². The van der Waals surface area contributed by atoms with Crippen LogP contribution in [0.15, 0.2) is 24.3 Å². The molecule has 3 heterocycles. The highest BCUT2D eigenvalue weighted by Crippen LogP contribution is 2.37. The van der Waals surface area contributed by atoms with Crippen molar-refractivity contribution in [3.63, 3.8) is 0 Å². The number of anilines is 1. The van der Waals surface area contributed by atoms with Crippen LogP contribution in [0.1, 0.15) is 69.2 Å². The molecule has 3 atom stereocenters. The predicted molar refractivity (Wildman–Crippen MR) is 140 cm³/mol. The Morgan fingerprint density at radius 3 is 2.30 bits per heavy atom. The first-order valence-electron chi connectivity index (χ1n) is 13.8. The van der Waals surface area contributed by atoms with Gasteiger partial charge in [0.25, 0.3) is 5.91 Å². The standard InChI is InChI=1S/C28H39N5O4/c1-18(2)16-21(30-25(35)19-6-8-20(9-7-19)31-13-3-4-14-31)26(36)32-15-10-22-24(32)23(34)17-33(22)27(37)28(29)11-5-12-28/h6-9,18,21-22,24H,3-5,10-17,29H2,1-2H3,(H,30,35). The lowest BCUT2D eigenvalue weighted by Crippen LogP contribution is -2.60. The number of nitrogens with one attached hydrogen (secondary N) is 1. The third kappa shape index (κ3) is 4.85. The topological polar surface area (TPSA) is 116 Å². The van der Waals surface area contributed by atoms with E-state index in [9.17, 15) is 19.2 Å². The molecule has 3 saturated heterocycles. The summed E-state index contributed by atoms with van der Waals surface area (Å²) in [6.45, 7) is 6.46. The quantitative estimate of drug-likeness (QED) is 0.578. The number of nitrogens with zero attached hydrogens (tertiary/aromatic N) is 3. The molecule has 9 heteroatoms. The van der Waals surface area contributed by atoms with Gasteiger partial charge in [-0.15, -0.1) is 0 Å². The van der Waals surface area contributed by atoms with Crippen molar-refractivity contribution >= 4 is 29.2 Å². The highest BCUT2D eigenvalue weighted by molar-refractivity contribution is 6.02. The summed E-state index contributed by atoms with van der Waals surface area (Å²) < 4.78 is 0. The molecule has 1 aromatic carbocycles. The average molecular weight is 510 g/mol.